The molecule has 1 aliphatic heterocycles. The van der Waals surface area contributed by atoms with Crippen LogP contribution in [0.15, 0.2) is 23.0 Å². The lowest BCUT2D eigenvalue weighted by Gasteiger charge is -2.16. The van der Waals surface area contributed by atoms with Crippen molar-refractivity contribution in [1.29, 1.82) is 0 Å². The monoisotopic (exact) mass is 215 g/mol. The molecule has 0 unspecified atom stereocenters. The van der Waals surface area contributed by atoms with Gasteiger partial charge in [-0.25, -0.2) is 0 Å². The maximum absolute atomic E-state index is 5.06. The molecular weight excluding hydrogens is 198 g/mol. The van der Waals surface area contributed by atoms with Gasteiger partial charge >= 0.3 is 0 Å². The second-order valence-electron chi connectivity index (χ2n) is 3.02. The fourth-order valence-electron chi connectivity index (χ4n) is 1.17. The minimum Gasteiger partial charge on any atom is -0.355 e. The molecule has 0 amide bonds. The summed E-state index contributed by atoms with van der Waals surface area (Å²) in [4.78, 5) is 0. The fraction of sp³-hybridized carbons (Fsp3) is 0.600. The van der Waals surface area contributed by atoms with Gasteiger partial charge in [0.2, 0.25) is 0 Å². The first-order valence-electron chi connectivity index (χ1n) is 4.62. The van der Waals surface area contributed by atoms with E-state index in [0.29, 0.717) is 5.92 Å². The molecular formula is C10H17NO2S. The standard InChI is InChI=1S/C10H17NO2S/c1-12-10(13-2)8-11-7-9-3-5-14-6-4-9/h3-6,9-11H,7-8H2,1-2H3. The van der Waals surface area contributed by atoms with E-state index >= 15 is 0 Å². The molecule has 80 valence electrons. The molecule has 0 atom stereocenters. The number of nitrogens with one attached hydrogen (secondary N) is 1. The van der Waals surface area contributed by atoms with Crippen LogP contribution in [0.25, 0.3) is 0 Å². The van der Waals surface area contributed by atoms with Crippen molar-refractivity contribution < 1.29 is 9.47 Å². The lowest BCUT2D eigenvalue weighted by Crippen LogP contribution is -2.32. The van der Waals surface area contributed by atoms with Gasteiger partial charge in [-0.1, -0.05) is 12.2 Å². The van der Waals surface area contributed by atoms with Gasteiger partial charge in [-0.05, 0) is 10.8 Å². The zero-order chi connectivity index (χ0) is 10.2. The minimum absolute atomic E-state index is 0.152. The Morgan fingerprint density at radius 3 is 2.50 bits per heavy atom. The molecule has 1 aliphatic rings. The average Bonchev–Trinajstić information content (AvgIpc) is 2.26. The summed E-state index contributed by atoms with van der Waals surface area (Å²) in [7, 11) is 3.29. The summed E-state index contributed by atoms with van der Waals surface area (Å²) in [5.41, 5.74) is 0. The van der Waals surface area contributed by atoms with Gasteiger partial charge in [-0.3, -0.25) is 0 Å². The first kappa shape index (κ1) is 11.8. The second-order valence-corrected chi connectivity index (χ2v) is 3.83. The third-order valence-corrected chi connectivity index (χ3v) is 2.65. The molecule has 0 bridgehead atoms. The highest BCUT2D eigenvalue weighted by Crippen LogP contribution is 2.15. The first-order chi connectivity index (χ1) is 6.86. The number of rotatable bonds is 6. The zero-order valence-corrected chi connectivity index (χ0v) is 9.42. The highest BCUT2D eigenvalue weighted by atomic mass is 32.2. The Bertz CT molecular complexity index is 190. The molecule has 4 heteroatoms. The Kier molecular flexibility index (Phi) is 5.94. The maximum atomic E-state index is 5.06. The molecule has 0 aliphatic carbocycles. The summed E-state index contributed by atoms with van der Waals surface area (Å²) in [6, 6.07) is 0. The van der Waals surface area contributed by atoms with Gasteiger partial charge in [0, 0.05) is 33.2 Å². The van der Waals surface area contributed by atoms with Crippen LogP contribution in [-0.4, -0.2) is 33.6 Å². The van der Waals surface area contributed by atoms with Crippen LogP contribution in [0.1, 0.15) is 0 Å². The van der Waals surface area contributed by atoms with Crippen molar-refractivity contribution >= 4 is 11.8 Å². The topological polar surface area (TPSA) is 30.5 Å². The quantitative estimate of drug-likeness (QED) is 0.682. The van der Waals surface area contributed by atoms with E-state index in [-0.39, 0.29) is 6.29 Å². The molecule has 1 N–H and O–H groups in total. The van der Waals surface area contributed by atoms with Crippen molar-refractivity contribution in [3.63, 3.8) is 0 Å². The van der Waals surface area contributed by atoms with Crippen LogP contribution in [0.3, 0.4) is 0 Å². The highest BCUT2D eigenvalue weighted by Gasteiger charge is 2.06. The Labute approximate surface area is 89.5 Å². The molecule has 0 spiro atoms. The molecule has 0 radical (unpaired) electrons. The molecule has 1 heterocycles. The van der Waals surface area contributed by atoms with Crippen molar-refractivity contribution in [3.8, 4) is 0 Å². The summed E-state index contributed by atoms with van der Waals surface area (Å²) >= 11 is 1.71. The van der Waals surface area contributed by atoms with E-state index in [9.17, 15) is 0 Å². The van der Waals surface area contributed by atoms with Crippen LogP contribution in [-0.2, 0) is 9.47 Å². The van der Waals surface area contributed by atoms with Crippen LogP contribution >= 0.6 is 11.8 Å². The van der Waals surface area contributed by atoms with E-state index in [2.05, 4.69) is 28.3 Å². The number of methoxy groups -OCH3 is 2. The normalized spacial score (nSPS) is 16.8. The van der Waals surface area contributed by atoms with Crippen LogP contribution in [0, 0.1) is 5.92 Å². The Hall–Kier alpha value is -0.290. The Morgan fingerprint density at radius 2 is 1.93 bits per heavy atom. The van der Waals surface area contributed by atoms with Gasteiger partial charge in [0.15, 0.2) is 6.29 Å². The average molecular weight is 215 g/mol. The maximum Gasteiger partial charge on any atom is 0.169 e. The third-order valence-electron chi connectivity index (χ3n) is 2.03. The smallest absolute Gasteiger partial charge is 0.169 e. The highest BCUT2D eigenvalue weighted by molar-refractivity contribution is 8.04. The van der Waals surface area contributed by atoms with E-state index in [1.54, 1.807) is 26.0 Å². The van der Waals surface area contributed by atoms with E-state index in [0.717, 1.165) is 13.1 Å². The molecule has 0 aromatic heterocycles. The molecule has 0 fully saturated rings. The predicted octanol–water partition coefficient (Wildman–Crippen LogP) is 1.59. The molecule has 0 saturated carbocycles. The predicted molar refractivity (Wildman–Crippen MR) is 60.0 cm³/mol. The third kappa shape index (κ3) is 4.28. The number of hydrogen-bond acceptors (Lipinski definition) is 4. The first-order valence-corrected chi connectivity index (χ1v) is 5.56. The van der Waals surface area contributed by atoms with E-state index in [1.807, 2.05) is 0 Å². The Balaban J connectivity index is 2.11. The number of ether oxygens (including phenoxy) is 2. The summed E-state index contributed by atoms with van der Waals surface area (Å²) in [5.74, 6) is 0.491. The summed E-state index contributed by atoms with van der Waals surface area (Å²) in [6.45, 7) is 1.65. The van der Waals surface area contributed by atoms with Crippen molar-refractivity contribution in [2.24, 2.45) is 5.92 Å². The lowest BCUT2D eigenvalue weighted by atomic mass is 10.1. The van der Waals surface area contributed by atoms with E-state index < -0.39 is 0 Å². The minimum atomic E-state index is -0.152. The molecule has 1 rings (SSSR count). The van der Waals surface area contributed by atoms with Gasteiger partial charge in [0.05, 0.1) is 0 Å². The second kappa shape index (κ2) is 7.06. The molecule has 0 saturated heterocycles. The molecule has 3 nitrogen and oxygen atoms in total. The Morgan fingerprint density at radius 1 is 1.29 bits per heavy atom. The van der Waals surface area contributed by atoms with Crippen LogP contribution < -0.4 is 5.32 Å². The summed E-state index contributed by atoms with van der Waals surface area (Å²) < 4.78 is 10.1. The fourth-order valence-corrected chi connectivity index (χ4v) is 1.84. The van der Waals surface area contributed by atoms with Gasteiger partial charge < -0.3 is 14.8 Å². The lowest BCUT2D eigenvalue weighted by molar-refractivity contribution is -0.0987. The van der Waals surface area contributed by atoms with Crippen molar-refractivity contribution in [2.45, 2.75) is 6.29 Å². The summed E-state index contributed by atoms with van der Waals surface area (Å²) in [5, 5.41) is 7.51. The molecule has 14 heavy (non-hydrogen) atoms. The van der Waals surface area contributed by atoms with E-state index in [1.165, 1.54) is 0 Å². The van der Waals surface area contributed by atoms with Crippen LogP contribution in [0.2, 0.25) is 0 Å². The number of hydrogen-bond donors (Lipinski definition) is 1. The van der Waals surface area contributed by atoms with Crippen molar-refractivity contribution in [2.75, 3.05) is 27.3 Å². The largest absolute Gasteiger partial charge is 0.355 e. The van der Waals surface area contributed by atoms with Crippen molar-refractivity contribution in [1.82, 2.24) is 5.32 Å². The van der Waals surface area contributed by atoms with Gasteiger partial charge in [0.25, 0.3) is 0 Å². The zero-order valence-electron chi connectivity index (χ0n) is 8.60. The SMILES string of the molecule is COC(CNCC1C=CSC=C1)OC. The summed E-state index contributed by atoms with van der Waals surface area (Å²) in [6.07, 6.45) is 4.22. The van der Waals surface area contributed by atoms with E-state index in [4.69, 9.17) is 9.47 Å². The number of thioether (sulfide) groups is 1. The van der Waals surface area contributed by atoms with Crippen LogP contribution in [0.4, 0.5) is 0 Å². The molecule has 0 aromatic carbocycles. The van der Waals surface area contributed by atoms with Gasteiger partial charge in [-0.2, -0.15) is 0 Å². The van der Waals surface area contributed by atoms with Gasteiger partial charge in [-0.15, -0.1) is 11.8 Å². The van der Waals surface area contributed by atoms with Crippen molar-refractivity contribution in [3.05, 3.63) is 23.0 Å². The van der Waals surface area contributed by atoms with Gasteiger partial charge in [0.1, 0.15) is 0 Å². The van der Waals surface area contributed by atoms with Crippen LogP contribution in [0.5, 0.6) is 0 Å². The molecule has 0 aromatic rings.